The SMILES string of the molecule is CC(C)(C)OC(=O)N[C@@H](CO)CC(=O)c1ccccc1. The van der Waals surface area contributed by atoms with Crippen molar-refractivity contribution >= 4 is 11.9 Å². The molecule has 0 saturated carbocycles. The number of ether oxygens (including phenoxy) is 1. The fourth-order valence-corrected chi connectivity index (χ4v) is 1.60. The van der Waals surface area contributed by atoms with Gasteiger partial charge in [0.1, 0.15) is 5.60 Å². The average molecular weight is 279 g/mol. The number of amides is 1. The van der Waals surface area contributed by atoms with Gasteiger partial charge in [0, 0.05) is 12.0 Å². The van der Waals surface area contributed by atoms with E-state index in [4.69, 9.17) is 4.74 Å². The summed E-state index contributed by atoms with van der Waals surface area (Å²) in [6.07, 6.45) is -0.614. The van der Waals surface area contributed by atoms with Crippen LogP contribution in [0.25, 0.3) is 0 Å². The summed E-state index contributed by atoms with van der Waals surface area (Å²) in [5.74, 6) is -0.138. The smallest absolute Gasteiger partial charge is 0.407 e. The number of Topliss-reactive ketones (excluding diaryl/α,β-unsaturated/α-hetero) is 1. The summed E-state index contributed by atoms with van der Waals surface area (Å²) in [5.41, 5.74) is -0.0648. The van der Waals surface area contributed by atoms with Crippen LogP contribution in [0.1, 0.15) is 37.6 Å². The number of nitrogens with one attached hydrogen (secondary N) is 1. The monoisotopic (exact) mass is 279 g/mol. The molecule has 0 saturated heterocycles. The van der Waals surface area contributed by atoms with Gasteiger partial charge in [-0.2, -0.15) is 0 Å². The molecule has 1 aromatic carbocycles. The van der Waals surface area contributed by atoms with E-state index in [1.54, 1.807) is 45.0 Å². The highest BCUT2D eigenvalue weighted by Gasteiger charge is 2.21. The second-order valence-corrected chi connectivity index (χ2v) is 5.52. The molecular formula is C15H21NO4. The Morgan fingerprint density at radius 3 is 2.35 bits per heavy atom. The van der Waals surface area contributed by atoms with Crippen molar-refractivity contribution in [2.75, 3.05) is 6.61 Å². The Hall–Kier alpha value is -1.88. The van der Waals surface area contributed by atoms with E-state index in [0.29, 0.717) is 5.56 Å². The van der Waals surface area contributed by atoms with E-state index in [9.17, 15) is 14.7 Å². The van der Waals surface area contributed by atoms with Gasteiger partial charge in [0.25, 0.3) is 0 Å². The van der Waals surface area contributed by atoms with Crippen molar-refractivity contribution in [3.63, 3.8) is 0 Å². The van der Waals surface area contributed by atoms with Crippen LogP contribution in [0.5, 0.6) is 0 Å². The zero-order valence-electron chi connectivity index (χ0n) is 12.1. The summed E-state index contributed by atoms with van der Waals surface area (Å²) >= 11 is 0. The molecule has 0 unspecified atom stereocenters. The molecule has 0 aliphatic carbocycles. The van der Waals surface area contributed by atoms with Crippen LogP contribution in [0, 0.1) is 0 Å². The van der Waals surface area contributed by atoms with Gasteiger partial charge in [-0.05, 0) is 20.8 Å². The van der Waals surface area contributed by atoms with E-state index in [2.05, 4.69) is 5.32 Å². The van der Waals surface area contributed by atoms with Gasteiger partial charge in [0.05, 0.1) is 12.6 Å². The van der Waals surface area contributed by atoms with Crippen molar-refractivity contribution in [1.82, 2.24) is 5.32 Å². The molecule has 110 valence electrons. The van der Waals surface area contributed by atoms with Crippen LogP contribution in [0.15, 0.2) is 30.3 Å². The molecular weight excluding hydrogens is 258 g/mol. The van der Waals surface area contributed by atoms with Gasteiger partial charge in [-0.1, -0.05) is 30.3 Å². The highest BCUT2D eigenvalue weighted by molar-refractivity contribution is 5.96. The van der Waals surface area contributed by atoms with Crippen molar-refractivity contribution in [3.05, 3.63) is 35.9 Å². The predicted octanol–water partition coefficient (Wildman–Crippen LogP) is 2.15. The number of carbonyl (C=O) groups excluding carboxylic acids is 2. The fourth-order valence-electron chi connectivity index (χ4n) is 1.60. The maximum Gasteiger partial charge on any atom is 0.407 e. The molecule has 0 heterocycles. The summed E-state index contributed by atoms with van der Waals surface area (Å²) in [5, 5.41) is 11.7. The van der Waals surface area contributed by atoms with E-state index >= 15 is 0 Å². The fraction of sp³-hybridized carbons (Fsp3) is 0.467. The lowest BCUT2D eigenvalue weighted by atomic mass is 10.0. The minimum absolute atomic E-state index is 0.0275. The van der Waals surface area contributed by atoms with Crippen LogP contribution in [0.3, 0.4) is 0 Å². The number of carbonyl (C=O) groups is 2. The van der Waals surface area contributed by atoms with Gasteiger partial charge >= 0.3 is 6.09 Å². The zero-order chi connectivity index (χ0) is 15.2. The molecule has 0 radical (unpaired) electrons. The first-order chi connectivity index (χ1) is 9.31. The second kappa shape index (κ2) is 7.05. The molecule has 0 spiro atoms. The predicted molar refractivity (Wildman–Crippen MR) is 75.6 cm³/mol. The quantitative estimate of drug-likeness (QED) is 0.810. The molecule has 1 aromatic rings. The molecule has 1 amide bonds. The average Bonchev–Trinajstić information content (AvgIpc) is 2.36. The van der Waals surface area contributed by atoms with Gasteiger partial charge in [0.2, 0.25) is 0 Å². The number of hydrogen-bond donors (Lipinski definition) is 2. The molecule has 0 fully saturated rings. The van der Waals surface area contributed by atoms with Crippen molar-refractivity contribution in [1.29, 1.82) is 0 Å². The number of hydrogen-bond acceptors (Lipinski definition) is 4. The van der Waals surface area contributed by atoms with E-state index in [0.717, 1.165) is 0 Å². The van der Waals surface area contributed by atoms with Crippen LogP contribution in [-0.4, -0.2) is 35.2 Å². The lowest BCUT2D eigenvalue weighted by Crippen LogP contribution is -2.42. The van der Waals surface area contributed by atoms with E-state index in [1.807, 2.05) is 6.07 Å². The molecule has 0 aromatic heterocycles. The molecule has 1 rings (SSSR count). The van der Waals surface area contributed by atoms with Crippen molar-refractivity contribution in [3.8, 4) is 0 Å². The minimum Gasteiger partial charge on any atom is -0.444 e. The highest BCUT2D eigenvalue weighted by Crippen LogP contribution is 2.09. The molecule has 20 heavy (non-hydrogen) atoms. The Morgan fingerprint density at radius 1 is 1.25 bits per heavy atom. The number of aliphatic hydroxyl groups excluding tert-OH is 1. The van der Waals surface area contributed by atoms with Gasteiger partial charge in [-0.15, -0.1) is 0 Å². The van der Waals surface area contributed by atoms with Crippen molar-refractivity contribution in [2.45, 2.75) is 38.8 Å². The van der Waals surface area contributed by atoms with Gasteiger partial charge < -0.3 is 15.2 Å². The summed E-state index contributed by atoms with van der Waals surface area (Å²) in [6, 6.07) is 8.09. The number of alkyl carbamates (subject to hydrolysis) is 1. The van der Waals surface area contributed by atoms with Crippen molar-refractivity contribution < 1.29 is 19.4 Å². The van der Waals surface area contributed by atoms with Crippen LogP contribution < -0.4 is 5.32 Å². The number of ketones is 1. The molecule has 0 aliphatic rings. The first-order valence-electron chi connectivity index (χ1n) is 6.50. The number of benzene rings is 1. The highest BCUT2D eigenvalue weighted by atomic mass is 16.6. The maximum atomic E-state index is 12.0. The molecule has 5 nitrogen and oxygen atoms in total. The second-order valence-electron chi connectivity index (χ2n) is 5.52. The Bertz CT molecular complexity index is 451. The summed E-state index contributed by atoms with van der Waals surface area (Å²) in [6.45, 7) is 4.92. The number of rotatable bonds is 5. The summed E-state index contributed by atoms with van der Waals surface area (Å²) in [7, 11) is 0. The zero-order valence-corrected chi connectivity index (χ0v) is 12.1. The number of aliphatic hydroxyl groups is 1. The Morgan fingerprint density at radius 2 is 1.85 bits per heavy atom. The lowest BCUT2D eigenvalue weighted by molar-refractivity contribution is 0.0479. The van der Waals surface area contributed by atoms with E-state index in [-0.39, 0.29) is 18.8 Å². The maximum absolute atomic E-state index is 12.0. The Balaban J connectivity index is 2.55. The van der Waals surface area contributed by atoms with Crippen LogP contribution in [-0.2, 0) is 4.74 Å². The first-order valence-corrected chi connectivity index (χ1v) is 6.50. The summed E-state index contributed by atoms with van der Waals surface area (Å²) < 4.78 is 5.08. The van der Waals surface area contributed by atoms with Gasteiger partial charge in [-0.3, -0.25) is 4.79 Å². The van der Waals surface area contributed by atoms with Crippen LogP contribution in [0.4, 0.5) is 4.79 Å². The third-order valence-corrected chi connectivity index (χ3v) is 2.47. The Kier molecular flexibility index (Phi) is 5.70. The van der Waals surface area contributed by atoms with Crippen LogP contribution >= 0.6 is 0 Å². The van der Waals surface area contributed by atoms with Crippen molar-refractivity contribution in [2.24, 2.45) is 0 Å². The van der Waals surface area contributed by atoms with Gasteiger partial charge in [0.15, 0.2) is 5.78 Å². The van der Waals surface area contributed by atoms with Crippen LogP contribution in [0.2, 0.25) is 0 Å². The standard InChI is InChI=1S/C15H21NO4/c1-15(2,3)20-14(19)16-12(10-17)9-13(18)11-7-5-4-6-8-11/h4-8,12,17H,9-10H2,1-3H3,(H,16,19)/t12-/m1/s1. The third kappa shape index (κ3) is 5.84. The first kappa shape index (κ1) is 16.2. The van der Waals surface area contributed by atoms with E-state index < -0.39 is 17.7 Å². The molecule has 0 bridgehead atoms. The largest absolute Gasteiger partial charge is 0.444 e. The molecule has 0 aliphatic heterocycles. The van der Waals surface area contributed by atoms with E-state index in [1.165, 1.54) is 0 Å². The summed E-state index contributed by atoms with van der Waals surface area (Å²) in [4.78, 5) is 23.6. The Labute approximate surface area is 118 Å². The molecule has 1 atom stereocenters. The normalized spacial score (nSPS) is 12.6. The topological polar surface area (TPSA) is 75.6 Å². The lowest BCUT2D eigenvalue weighted by Gasteiger charge is -2.22. The molecule has 2 N–H and O–H groups in total. The third-order valence-electron chi connectivity index (χ3n) is 2.47. The molecule has 5 heteroatoms. The van der Waals surface area contributed by atoms with Gasteiger partial charge in [-0.25, -0.2) is 4.79 Å². The minimum atomic E-state index is -0.655.